The predicted octanol–water partition coefficient (Wildman–Crippen LogP) is 4.07. The monoisotopic (exact) mass is 1060 g/mol. The molecule has 0 unspecified atom stereocenters. The lowest BCUT2D eigenvalue weighted by atomic mass is 9.89. The van der Waals surface area contributed by atoms with E-state index in [2.05, 4.69) is 21.3 Å². The van der Waals surface area contributed by atoms with Crippen LogP contribution in [0.2, 0.25) is 0 Å². The van der Waals surface area contributed by atoms with E-state index in [1.807, 2.05) is 0 Å². The number of nitro groups is 1. The molecule has 2 aromatic carbocycles. The number of primary amides is 1. The van der Waals surface area contributed by atoms with Crippen LogP contribution < -0.4 is 32.0 Å². The fraction of sp³-hybridized carbons (Fsp3) is 0.412. The molecule has 3 heterocycles. The van der Waals surface area contributed by atoms with Gasteiger partial charge in [0.05, 0.1) is 49.7 Å². The number of anilines is 2. The molecular formula is C51H61N9O16. The Hall–Kier alpha value is -8.74. The zero-order valence-electron chi connectivity index (χ0n) is 42.2. The quantitative estimate of drug-likeness (QED) is 0.0119. The number of rotatable bonds is 30. The Kier molecular flexibility index (Phi) is 21.9. The highest BCUT2D eigenvalue weighted by Crippen LogP contribution is 2.30. The molecule has 0 aliphatic carbocycles. The number of carbonyl (C=O) groups is 10. The van der Waals surface area contributed by atoms with Gasteiger partial charge in [-0.3, -0.25) is 48.6 Å². The second kappa shape index (κ2) is 28.6. The van der Waals surface area contributed by atoms with Gasteiger partial charge >= 0.3 is 24.0 Å². The van der Waals surface area contributed by atoms with Crippen LogP contribution in [0.1, 0.15) is 87.4 Å². The molecule has 1 fully saturated rings. The van der Waals surface area contributed by atoms with Crippen molar-refractivity contribution in [1.29, 1.82) is 0 Å². The van der Waals surface area contributed by atoms with Crippen molar-refractivity contribution in [2.75, 3.05) is 56.3 Å². The van der Waals surface area contributed by atoms with E-state index in [9.17, 15) is 58.1 Å². The third kappa shape index (κ3) is 17.2. The normalized spacial score (nSPS) is 14.5. The zero-order valence-corrected chi connectivity index (χ0v) is 42.2. The van der Waals surface area contributed by atoms with Gasteiger partial charge in [0.25, 0.3) is 23.6 Å². The van der Waals surface area contributed by atoms with Crippen molar-refractivity contribution in [3.8, 4) is 0 Å². The largest absolute Gasteiger partial charge is 0.462 e. The SMILES string of the molecule is CCOC(=O)c1ccc(N2C(=O)/C(=C\c3ccc([N+](=O)[O-])o3)C(=O)N2CCOCCNC(=O)OCc2ccc(NC(=O)[C@H](CCCNC(N)=O)CC(=O)[C@@H](NC(=O)CCCCCN3C(=O)C=CC3=O)C(C)C)cc2)cc1. The number of benzene rings is 2. The van der Waals surface area contributed by atoms with Gasteiger partial charge < -0.3 is 45.6 Å². The summed E-state index contributed by atoms with van der Waals surface area (Å²) < 4.78 is 21.1. The molecule has 0 bridgehead atoms. The Balaban J connectivity index is 1.07. The number of nitrogens with one attached hydrogen (secondary N) is 4. The molecule has 3 aromatic rings. The summed E-state index contributed by atoms with van der Waals surface area (Å²) >= 11 is 0. The molecule has 5 rings (SSSR count). The lowest BCUT2D eigenvalue weighted by Crippen LogP contribution is -2.45. The van der Waals surface area contributed by atoms with Gasteiger partial charge in [-0.15, -0.1) is 0 Å². The van der Waals surface area contributed by atoms with E-state index >= 15 is 0 Å². The minimum absolute atomic E-state index is 0.00218. The number of hydrogen-bond donors (Lipinski definition) is 5. The third-order valence-electron chi connectivity index (χ3n) is 11.7. The number of urea groups is 1. The number of unbranched alkanes of at least 4 members (excludes halogenated alkanes) is 2. The fourth-order valence-corrected chi connectivity index (χ4v) is 7.85. The lowest BCUT2D eigenvalue weighted by Gasteiger charge is -2.27. The van der Waals surface area contributed by atoms with Crippen LogP contribution in [-0.4, -0.2) is 126 Å². The van der Waals surface area contributed by atoms with Crippen molar-refractivity contribution in [3.63, 3.8) is 0 Å². The summed E-state index contributed by atoms with van der Waals surface area (Å²) in [5.74, 6) is -5.85. The number of alkyl carbamates (subject to hydrolysis) is 1. The number of furan rings is 1. The molecule has 0 spiro atoms. The molecule has 76 heavy (non-hydrogen) atoms. The van der Waals surface area contributed by atoms with E-state index in [4.69, 9.17) is 24.4 Å². The molecule has 2 aliphatic heterocycles. The molecule has 2 aliphatic rings. The third-order valence-corrected chi connectivity index (χ3v) is 11.7. The first-order valence-electron chi connectivity index (χ1n) is 24.5. The zero-order chi connectivity index (χ0) is 55.3. The molecule has 25 nitrogen and oxygen atoms in total. The molecule has 1 saturated heterocycles. The number of imide groups is 1. The maximum Gasteiger partial charge on any atom is 0.433 e. The summed E-state index contributed by atoms with van der Waals surface area (Å²) in [5.41, 5.74) is 6.24. The molecule has 1 aromatic heterocycles. The fourth-order valence-electron chi connectivity index (χ4n) is 7.85. The number of Topliss-reactive ketones (excluding diaryl/α,β-unsaturated/α-hetero) is 1. The van der Waals surface area contributed by atoms with Gasteiger partial charge in [-0.1, -0.05) is 32.4 Å². The minimum atomic E-state index is -0.880. The Bertz CT molecular complexity index is 2660. The maximum atomic E-state index is 13.7. The molecular weight excluding hydrogens is 995 g/mol. The average Bonchev–Trinajstić information content (AvgIpc) is 4.06. The molecule has 0 radical (unpaired) electrons. The number of amides is 9. The average molecular weight is 1060 g/mol. The molecule has 2 atom stereocenters. The smallest absolute Gasteiger partial charge is 0.433 e. The first kappa shape index (κ1) is 58.2. The van der Waals surface area contributed by atoms with Crippen LogP contribution in [0, 0.1) is 22.0 Å². The predicted molar refractivity (Wildman–Crippen MR) is 270 cm³/mol. The van der Waals surface area contributed by atoms with E-state index in [0.29, 0.717) is 36.9 Å². The van der Waals surface area contributed by atoms with E-state index in [-0.39, 0.29) is 124 Å². The summed E-state index contributed by atoms with van der Waals surface area (Å²) in [5, 5.41) is 23.9. The molecule has 6 N–H and O–H groups in total. The number of ether oxygens (including phenoxy) is 3. The van der Waals surface area contributed by atoms with Crippen LogP contribution in [0.4, 0.5) is 26.8 Å². The van der Waals surface area contributed by atoms with Gasteiger partial charge in [-0.25, -0.2) is 24.4 Å². The molecule has 9 amide bonds. The van der Waals surface area contributed by atoms with Crippen molar-refractivity contribution < 1.29 is 71.5 Å². The number of nitrogens with two attached hydrogens (primary N) is 1. The molecule has 406 valence electrons. The Morgan fingerprint density at radius 3 is 2.17 bits per heavy atom. The summed E-state index contributed by atoms with van der Waals surface area (Å²) in [6.07, 6.45) is 4.75. The van der Waals surface area contributed by atoms with Gasteiger partial charge in [0.15, 0.2) is 5.78 Å². The number of hydrogen-bond acceptors (Lipinski definition) is 16. The second-order valence-electron chi connectivity index (χ2n) is 17.7. The van der Waals surface area contributed by atoms with Crippen LogP contribution in [0.5, 0.6) is 0 Å². The van der Waals surface area contributed by atoms with Crippen LogP contribution in [0.25, 0.3) is 6.08 Å². The van der Waals surface area contributed by atoms with E-state index in [1.165, 1.54) is 42.5 Å². The standard InChI is InChI=1S/C51H61N9O16/c1-4-74-49(68)34-13-17-37(18-14-34)59-48(67)39(30-38-19-22-44(76-38)60(71)72)47(66)58(59)26-28-73-27-24-54-51(70)75-31-33-11-15-36(16-12-33)55-46(65)35(9-8-23-53-50(52)69)29-40(61)45(32(2)3)56-41(62)10-6-5-7-25-57-42(63)20-21-43(57)64/h11-22,30,32,35,45H,4-10,23-29,31H2,1-3H3,(H,54,70)(H,55,65)(H,56,62)(H3,52,53,69)/b39-30-/t35-,45+/m1/s1. The Morgan fingerprint density at radius 1 is 0.816 bits per heavy atom. The lowest BCUT2D eigenvalue weighted by molar-refractivity contribution is -0.402. The van der Waals surface area contributed by atoms with Crippen molar-refractivity contribution in [1.82, 2.24) is 25.9 Å². The second-order valence-corrected chi connectivity index (χ2v) is 17.7. The van der Waals surface area contributed by atoms with Gasteiger partial charge in [0, 0.05) is 56.2 Å². The van der Waals surface area contributed by atoms with Gasteiger partial charge in [0.1, 0.15) is 22.9 Å². The highest BCUT2D eigenvalue weighted by molar-refractivity contribution is 6.31. The van der Waals surface area contributed by atoms with Crippen LogP contribution >= 0.6 is 0 Å². The maximum absolute atomic E-state index is 13.7. The van der Waals surface area contributed by atoms with Gasteiger partial charge in [-0.05, 0) is 92.6 Å². The van der Waals surface area contributed by atoms with Crippen LogP contribution in [0.3, 0.4) is 0 Å². The van der Waals surface area contributed by atoms with Crippen LogP contribution in [-0.2, 0) is 54.4 Å². The van der Waals surface area contributed by atoms with E-state index in [1.54, 1.807) is 45.0 Å². The van der Waals surface area contributed by atoms with Crippen molar-refractivity contribution in [3.05, 3.63) is 105 Å². The Morgan fingerprint density at radius 2 is 1.53 bits per heavy atom. The number of carbonyl (C=O) groups excluding carboxylic acids is 10. The first-order valence-corrected chi connectivity index (χ1v) is 24.5. The summed E-state index contributed by atoms with van der Waals surface area (Å²) in [6.45, 7) is 5.34. The Labute approximate surface area is 436 Å². The topological polar surface area (TPSA) is 339 Å². The number of hydrazine groups is 1. The summed E-state index contributed by atoms with van der Waals surface area (Å²) in [6, 6.07) is 12.9. The molecule has 25 heteroatoms. The van der Waals surface area contributed by atoms with Crippen molar-refractivity contribution >= 4 is 82.7 Å². The van der Waals surface area contributed by atoms with Crippen molar-refractivity contribution in [2.45, 2.75) is 78.4 Å². The first-order chi connectivity index (χ1) is 36.4. The van der Waals surface area contributed by atoms with Gasteiger partial charge in [0.2, 0.25) is 11.8 Å². The highest BCUT2D eigenvalue weighted by atomic mass is 16.6. The summed E-state index contributed by atoms with van der Waals surface area (Å²) in [4.78, 5) is 138. The highest BCUT2D eigenvalue weighted by Gasteiger charge is 2.42. The van der Waals surface area contributed by atoms with Crippen molar-refractivity contribution in [2.24, 2.45) is 17.6 Å². The summed E-state index contributed by atoms with van der Waals surface area (Å²) in [7, 11) is 0. The van der Waals surface area contributed by atoms with E-state index < -0.39 is 58.6 Å². The minimum Gasteiger partial charge on any atom is -0.462 e. The van der Waals surface area contributed by atoms with Gasteiger partial charge in [-0.2, -0.15) is 0 Å². The number of esters is 1. The number of ketones is 1. The van der Waals surface area contributed by atoms with Crippen LogP contribution in [0.15, 0.2) is 82.8 Å². The molecule has 0 saturated carbocycles. The number of nitrogens with zero attached hydrogens (tertiary/aromatic N) is 4. The van der Waals surface area contributed by atoms with E-state index in [0.717, 1.165) is 27.1 Å².